The van der Waals surface area contributed by atoms with Crippen molar-refractivity contribution < 1.29 is 9.32 Å². The summed E-state index contributed by atoms with van der Waals surface area (Å²) in [6.45, 7) is 0. The number of nitrogens with zero attached hydrogens (tertiary/aromatic N) is 1. The van der Waals surface area contributed by atoms with Gasteiger partial charge in [0.25, 0.3) is 0 Å². The number of hydrogen-bond acceptors (Lipinski definition) is 5. The maximum atomic E-state index is 9.79. The molecule has 36 valence electrons. The standard InChI is InChI=1S/CH2NO3S/c3-2-1-6-5-4-2/h1H2/q-1. The molecule has 6 heavy (non-hydrogen) atoms. The van der Waals surface area contributed by atoms with Gasteiger partial charge in [0.1, 0.15) is 0 Å². The molecule has 1 aliphatic rings. The molecule has 0 aromatic carbocycles. The topological polar surface area (TPSA) is 44.8 Å². The van der Waals surface area contributed by atoms with Gasteiger partial charge >= 0.3 is 0 Å². The van der Waals surface area contributed by atoms with Gasteiger partial charge in [-0.2, -0.15) is 0 Å². The van der Waals surface area contributed by atoms with E-state index in [1.807, 2.05) is 0 Å². The lowest BCUT2D eigenvalue weighted by atomic mass is 11.5. The quantitative estimate of drug-likeness (QED) is 0.329. The first kappa shape index (κ1) is 4.35. The van der Waals surface area contributed by atoms with Crippen LogP contribution in [0.25, 0.3) is 0 Å². The third kappa shape index (κ3) is 0.825. The van der Waals surface area contributed by atoms with Crippen LogP contribution in [0.5, 0.6) is 0 Å². The van der Waals surface area contributed by atoms with Crippen LogP contribution in [0.4, 0.5) is 0 Å². The van der Waals surface area contributed by atoms with Gasteiger partial charge in [0.05, 0.1) is 17.9 Å². The molecule has 0 aromatic rings. The molecule has 0 atom stereocenters. The SMILES string of the molecule is [O-]N1CSOO1. The van der Waals surface area contributed by atoms with Gasteiger partial charge in [-0.15, -0.1) is 9.32 Å². The first-order valence-corrected chi connectivity index (χ1v) is 2.21. The lowest BCUT2D eigenvalue weighted by Crippen LogP contribution is -2.05. The second-order valence-electron chi connectivity index (χ2n) is 0.722. The Hall–Kier alpha value is 0.190. The van der Waals surface area contributed by atoms with Crippen molar-refractivity contribution in [3.8, 4) is 0 Å². The predicted molar refractivity (Wildman–Crippen MR) is 19.8 cm³/mol. The van der Waals surface area contributed by atoms with Crippen molar-refractivity contribution in [2.75, 3.05) is 5.88 Å². The summed E-state index contributed by atoms with van der Waals surface area (Å²) in [5.74, 6) is 0.236. The van der Waals surface area contributed by atoms with E-state index in [1.54, 1.807) is 0 Å². The Morgan fingerprint density at radius 3 is 2.83 bits per heavy atom. The monoisotopic (exact) mass is 108 g/mol. The van der Waals surface area contributed by atoms with E-state index in [2.05, 4.69) is 9.32 Å². The highest BCUT2D eigenvalue weighted by Crippen LogP contribution is 2.14. The summed E-state index contributed by atoms with van der Waals surface area (Å²) in [4.78, 5) is 3.89. The number of rotatable bonds is 0. The number of hydroxylamine groups is 2. The number of hydrogen-bond donors (Lipinski definition) is 0. The van der Waals surface area contributed by atoms with E-state index < -0.39 is 0 Å². The van der Waals surface area contributed by atoms with Crippen molar-refractivity contribution in [3.05, 3.63) is 5.21 Å². The molecule has 1 fully saturated rings. The molecule has 0 amide bonds. The molecule has 0 spiro atoms. The summed E-state index contributed by atoms with van der Waals surface area (Å²) in [7, 11) is 0. The Kier molecular flexibility index (Phi) is 1.28. The average molecular weight is 108 g/mol. The van der Waals surface area contributed by atoms with Crippen LogP contribution in [0.15, 0.2) is 0 Å². The Balaban J connectivity index is 2.18. The molecular weight excluding hydrogens is 106 g/mol. The predicted octanol–water partition coefficient (Wildman–Crippen LogP) is 0.269. The molecule has 0 saturated carbocycles. The lowest BCUT2D eigenvalue weighted by Gasteiger charge is -2.11. The summed E-state index contributed by atoms with van der Waals surface area (Å²) in [5.41, 5.74) is 0. The van der Waals surface area contributed by atoms with E-state index in [0.29, 0.717) is 5.23 Å². The molecule has 0 unspecified atom stereocenters. The maximum Gasteiger partial charge on any atom is 0.0889 e. The van der Waals surface area contributed by atoms with Gasteiger partial charge in [-0.3, -0.25) is 0 Å². The largest absolute Gasteiger partial charge is 0.759 e. The van der Waals surface area contributed by atoms with Gasteiger partial charge in [0, 0.05) is 0 Å². The first-order valence-electron chi connectivity index (χ1n) is 1.30. The minimum atomic E-state index is 0.236. The fourth-order valence-electron chi connectivity index (χ4n) is 0.142. The van der Waals surface area contributed by atoms with Crippen molar-refractivity contribution in [2.45, 2.75) is 0 Å². The Morgan fingerprint density at radius 2 is 2.67 bits per heavy atom. The van der Waals surface area contributed by atoms with Gasteiger partial charge in [-0.1, -0.05) is 0 Å². The molecular formula is CH2NO3S-. The highest BCUT2D eigenvalue weighted by molar-refractivity contribution is 7.94. The Morgan fingerprint density at radius 1 is 1.83 bits per heavy atom. The highest BCUT2D eigenvalue weighted by atomic mass is 32.2. The Bertz CT molecular complexity index is 44.1. The molecule has 5 heteroatoms. The van der Waals surface area contributed by atoms with Gasteiger partial charge in [-0.05, 0) is 0 Å². The fourth-order valence-corrected chi connectivity index (χ4v) is 0.425. The third-order valence-electron chi connectivity index (χ3n) is 0.320. The van der Waals surface area contributed by atoms with Crippen LogP contribution in [0, 0.1) is 5.21 Å². The molecule has 4 nitrogen and oxygen atoms in total. The lowest BCUT2D eigenvalue weighted by molar-refractivity contribution is -0.312. The smallest absolute Gasteiger partial charge is 0.0889 e. The van der Waals surface area contributed by atoms with Gasteiger partial charge < -0.3 is 5.21 Å². The van der Waals surface area contributed by atoms with Crippen molar-refractivity contribution in [3.63, 3.8) is 0 Å². The van der Waals surface area contributed by atoms with Crippen molar-refractivity contribution in [2.24, 2.45) is 0 Å². The summed E-state index contributed by atoms with van der Waals surface area (Å²) in [5, 5.41) is 10.1. The zero-order valence-electron chi connectivity index (χ0n) is 2.79. The molecule has 0 bridgehead atoms. The van der Waals surface area contributed by atoms with Crippen LogP contribution in [0.3, 0.4) is 0 Å². The summed E-state index contributed by atoms with van der Waals surface area (Å²) >= 11 is 0.973. The second kappa shape index (κ2) is 1.76. The van der Waals surface area contributed by atoms with E-state index in [1.165, 1.54) is 0 Å². The molecule has 0 aliphatic carbocycles. The van der Waals surface area contributed by atoms with Crippen LogP contribution in [-0.2, 0) is 9.32 Å². The molecule has 0 N–H and O–H groups in total. The zero-order chi connectivity index (χ0) is 4.41. The van der Waals surface area contributed by atoms with Crippen LogP contribution in [0.1, 0.15) is 0 Å². The zero-order valence-corrected chi connectivity index (χ0v) is 3.60. The van der Waals surface area contributed by atoms with E-state index in [-0.39, 0.29) is 5.88 Å². The van der Waals surface area contributed by atoms with E-state index in [0.717, 1.165) is 12.0 Å². The summed E-state index contributed by atoms with van der Waals surface area (Å²) in [6, 6.07) is 0. The first-order chi connectivity index (χ1) is 2.89. The van der Waals surface area contributed by atoms with Crippen molar-refractivity contribution in [1.29, 1.82) is 0 Å². The molecule has 1 aliphatic heterocycles. The normalized spacial score (nSPS) is 25.5. The summed E-state index contributed by atoms with van der Waals surface area (Å²) in [6.07, 6.45) is 0. The maximum absolute atomic E-state index is 9.79. The van der Waals surface area contributed by atoms with Crippen molar-refractivity contribution in [1.82, 2.24) is 5.23 Å². The Labute approximate surface area is 38.7 Å². The van der Waals surface area contributed by atoms with Crippen molar-refractivity contribution >= 4 is 12.0 Å². The van der Waals surface area contributed by atoms with Gasteiger partial charge in [0.15, 0.2) is 0 Å². The minimum absolute atomic E-state index is 0.236. The fraction of sp³-hybridized carbons (Fsp3) is 1.00. The highest BCUT2D eigenvalue weighted by Gasteiger charge is 2.01. The second-order valence-corrected chi connectivity index (χ2v) is 1.35. The molecule has 1 saturated heterocycles. The minimum Gasteiger partial charge on any atom is -0.759 e. The molecule has 0 radical (unpaired) electrons. The third-order valence-corrected chi connectivity index (χ3v) is 0.793. The van der Waals surface area contributed by atoms with Crippen LogP contribution in [0.2, 0.25) is 0 Å². The molecule has 0 aromatic heterocycles. The van der Waals surface area contributed by atoms with Crippen LogP contribution >= 0.6 is 12.0 Å². The molecule has 1 heterocycles. The van der Waals surface area contributed by atoms with E-state index >= 15 is 0 Å². The average Bonchev–Trinajstić information content (AvgIpc) is 1.86. The van der Waals surface area contributed by atoms with Crippen LogP contribution < -0.4 is 0 Å². The molecule has 1 rings (SSSR count). The van der Waals surface area contributed by atoms with E-state index in [4.69, 9.17) is 0 Å². The van der Waals surface area contributed by atoms with Crippen LogP contribution in [-0.4, -0.2) is 11.1 Å². The van der Waals surface area contributed by atoms with Gasteiger partial charge in [-0.25, -0.2) is 5.23 Å². The summed E-state index contributed by atoms with van der Waals surface area (Å²) < 4.78 is 4.09. The van der Waals surface area contributed by atoms with Gasteiger partial charge in [0.2, 0.25) is 0 Å². The van der Waals surface area contributed by atoms with E-state index in [9.17, 15) is 5.21 Å².